The Bertz CT molecular complexity index is 708. The summed E-state index contributed by atoms with van der Waals surface area (Å²) < 4.78 is 5.35. The van der Waals surface area contributed by atoms with Crippen LogP contribution in [0.25, 0.3) is 11.3 Å². The lowest BCUT2D eigenvalue weighted by Crippen LogP contribution is -3.14. The number of aromatic amines is 1. The van der Waals surface area contributed by atoms with Crippen LogP contribution in [0, 0.1) is 6.92 Å². The van der Waals surface area contributed by atoms with Crippen molar-refractivity contribution in [3.8, 4) is 11.3 Å². The Labute approximate surface area is 141 Å². The van der Waals surface area contributed by atoms with Crippen molar-refractivity contribution in [2.45, 2.75) is 13.3 Å². The van der Waals surface area contributed by atoms with E-state index in [1.54, 1.807) is 4.90 Å². The molecule has 128 valence electrons. The van der Waals surface area contributed by atoms with Crippen LogP contribution in [0.15, 0.2) is 29.1 Å². The number of nitrogens with zero attached hydrogens (tertiary/aromatic N) is 2. The molecule has 1 aromatic heterocycles. The number of morpholine rings is 1. The largest absolute Gasteiger partial charge is 0.370 e. The Morgan fingerprint density at radius 3 is 2.67 bits per heavy atom. The number of ether oxygens (including phenoxy) is 1. The molecule has 0 bridgehead atoms. The molecule has 2 aromatic rings. The Kier molecular flexibility index (Phi) is 5.55. The van der Waals surface area contributed by atoms with E-state index in [0.29, 0.717) is 11.6 Å². The minimum absolute atomic E-state index is 0.227. The molecule has 1 aliphatic heterocycles. The van der Waals surface area contributed by atoms with Crippen LogP contribution in [0.2, 0.25) is 0 Å². The van der Waals surface area contributed by atoms with Gasteiger partial charge in [-0.25, -0.2) is 0 Å². The highest BCUT2D eigenvalue weighted by Crippen LogP contribution is 2.12. The van der Waals surface area contributed by atoms with Crippen molar-refractivity contribution in [1.29, 1.82) is 0 Å². The lowest BCUT2D eigenvalue weighted by molar-refractivity contribution is -0.908. The molecule has 1 saturated heterocycles. The molecule has 3 rings (SSSR count). The molecule has 0 saturated carbocycles. The van der Waals surface area contributed by atoms with E-state index in [1.807, 2.05) is 31.2 Å². The molecule has 3 N–H and O–H groups in total. The predicted octanol–water partition coefficient (Wildman–Crippen LogP) is -0.143. The Morgan fingerprint density at radius 2 is 1.96 bits per heavy atom. The summed E-state index contributed by atoms with van der Waals surface area (Å²) in [5, 5.41) is 11.3. The van der Waals surface area contributed by atoms with Crippen LogP contribution in [0.5, 0.6) is 0 Å². The lowest BCUT2D eigenvalue weighted by Gasteiger charge is -2.23. The highest BCUT2D eigenvalue weighted by Gasteiger charge is 2.13. The fraction of sp³-hybridized carbons (Fsp3) is 0.471. The smallest absolute Gasteiger partial charge is 0.279 e. The van der Waals surface area contributed by atoms with Gasteiger partial charge in [-0.2, -0.15) is 0 Å². The van der Waals surface area contributed by atoms with Crippen LogP contribution in [0.1, 0.15) is 12.0 Å². The lowest BCUT2D eigenvalue weighted by atomic mass is 10.1. The standard InChI is InChI=1S/C17H23N5O2/c1-13-3-5-14(6-4-13)15-16(23)19-17(21-20-15)18-7-2-8-22-9-11-24-12-10-22/h3-6H,2,7-12H2,1H3,(H2,18,19,21,23)/p+1. The molecule has 24 heavy (non-hydrogen) atoms. The average molecular weight is 330 g/mol. The van der Waals surface area contributed by atoms with Crippen molar-refractivity contribution in [2.75, 3.05) is 44.7 Å². The molecule has 0 amide bonds. The van der Waals surface area contributed by atoms with Crippen molar-refractivity contribution in [3.63, 3.8) is 0 Å². The van der Waals surface area contributed by atoms with Crippen molar-refractivity contribution in [1.82, 2.24) is 15.2 Å². The van der Waals surface area contributed by atoms with Gasteiger partial charge in [0, 0.05) is 18.5 Å². The first-order valence-corrected chi connectivity index (χ1v) is 8.41. The van der Waals surface area contributed by atoms with Crippen LogP contribution in [-0.2, 0) is 4.74 Å². The Morgan fingerprint density at radius 1 is 1.21 bits per heavy atom. The maximum Gasteiger partial charge on any atom is 0.279 e. The van der Waals surface area contributed by atoms with Gasteiger partial charge in [0.05, 0.1) is 19.8 Å². The van der Waals surface area contributed by atoms with Crippen LogP contribution < -0.4 is 15.8 Å². The van der Waals surface area contributed by atoms with Crippen molar-refractivity contribution in [3.05, 3.63) is 40.2 Å². The SMILES string of the molecule is Cc1ccc(-c2nnc(NCCC[NH+]3CCOCC3)[nH]c2=O)cc1. The van der Waals surface area contributed by atoms with E-state index < -0.39 is 0 Å². The van der Waals surface area contributed by atoms with Gasteiger partial charge in [0.25, 0.3) is 5.56 Å². The van der Waals surface area contributed by atoms with Gasteiger partial charge in [0.2, 0.25) is 5.95 Å². The third-order valence-electron chi connectivity index (χ3n) is 4.22. The zero-order valence-electron chi connectivity index (χ0n) is 14.0. The van der Waals surface area contributed by atoms with E-state index in [-0.39, 0.29) is 5.56 Å². The van der Waals surface area contributed by atoms with Crippen molar-refractivity contribution >= 4 is 5.95 Å². The number of aryl methyl sites for hydroxylation is 1. The van der Waals surface area contributed by atoms with Gasteiger partial charge in [-0.1, -0.05) is 29.8 Å². The third-order valence-corrected chi connectivity index (χ3v) is 4.22. The third kappa shape index (κ3) is 4.39. The first-order chi connectivity index (χ1) is 11.7. The minimum Gasteiger partial charge on any atom is -0.370 e. The second-order valence-corrected chi connectivity index (χ2v) is 6.11. The van der Waals surface area contributed by atoms with Gasteiger partial charge in [0.1, 0.15) is 13.1 Å². The fourth-order valence-electron chi connectivity index (χ4n) is 2.77. The van der Waals surface area contributed by atoms with E-state index in [4.69, 9.17) is 4.74 Å². The summed E-state index contributed by atoms with van der Waals surface area (Å²) in [6, 6.07) is 7.67. The average Bonchev–Trinajstić information content (AvgIpc) is 2.61. The highest BCUT2D eigenvalue weighted by atomic mass is 16.5. The molecule has 1 fully saturated rings. The topological polar surface area (TPSA) is 84.3 Å². The van der Waals surface area contributed by atoms with Gasteiger partial charge < -0.3 is 15.0 Å². The van der Waals surface area contributed by atoms with Crippen molar-refractivity contribution < 1.29 is 9.64 Å². The summed E-state index contributed by atoms with van der Waals surface area (Å²) in [4.78, 5) is 16.5. The van der Waals surface area contributed by atoms with E-state index in [2.05, 4.69) is 20.5 Å². The zero-order valence-corrected chi connectivity index (χ0v) is 14.0. The molecule has 7 heteroatoms. The van der Waals surface area contributed by atoms with Crippen LogP contribution in [-0.4, -0.2) is 54.6 Å². The van der Waals surface area contributed by atoms with E-state index >= 15 is 0 Å². The molecule has 0 radical (unpaired) electrons. The second kappa shape index (κ2) is 8.03. The maximum atomic E-state index is 12.2. The molecular formula is C17H24N5O2+. The highest BCUT2D eigenvalue weighted by molar-refractivity contribution is 5.58. The van der Waals surface area contributed by atoms with Gasteiger partial charge in [0.15, 0.2) is 5.69 Å². The maximum absolute atomic E-state index is 12.2. The molecule has 0 spiro atoms. The number of quaternary nitrogens is 1. The Balaban J connectivity index is 1.52. The van der Waals surface area contributed by atoms with E-state index in [1.165, 1.54) is 0 Å². The number of benzene rings is 1. The first kappa shape index (κ1) is 16.6. The zero-order chi connectivity index (χ0) is 16.8. The van der Waals surface area contributed by atoms with Crippen molar-refractivity contribution in [2.24, 2.45) is 0 Å². The quantitative estimate of drug-likeness (QED) is 0.642. The van der Waals surface area contributed by atoms with E-state index in [9.17, 15) is 4.79 Å². The number of anilines is 1. The first-order valence-electron chi connectivity index (χ1n) is 8.41. The molecule has 7 nitrogen and oxygen atoms in total. The molecule has 1 aliphatic rings. The second-order valence-electron chi connectivity index (χ2n) is 6.11. The summed E-state index contributed by atoms with van der Waals surface area (Å²) in [7, 11) is 0. The van der Waals surface area contributed by atoms with Gasteiger partial charge in [-0.15, -0.1) is 10.2 Å². The number of hydrogen-bond acceptors (Lipinski definition) is 5. The fourth-order valence-corrected chi connectivity index (χ4v) is 2.77. The number of rotatable bonds is 6. The molecular weight excluding hydrogens is 306 g/mol. The number of aromatic nitrogens is 3. The molecule has 2 heterocycles. The predicted molar refractivity (Wildman–Crippen MR) is 92.3 cm³/mol. The summed E-state index contributed by atoms with van der Waals surface area (Å²) in [5.41, 5.74) is 2.04. The summed E-state index contributed by atoms with van der Waals surface area (Å²) in [6.07, 6.45) is 1.01. The summed E-state index contributed by atoms with van der Waals surface area (Å²) in [5.74, 6) is 0.424. The monoisotopic (exact) mass is 330 g/mol. The summed E-state index contributed by atoms with van der Waals surface area (Å²) in [6.45, 7) is 7.70. The van der Waals surface area contributed by atoms with Crippen LogP contribution >= 0.6 is 0 Å². The Hall–Kier alpha value is -2.25. The number of H-pyrrole nitrogens is 1. The molecule has 0 atom stereocenters. The van der Waals surface area contributed by atoms with E-state index in [0.717, 1.165) is 56.9 Å². The minimum atomic E-state index is -0.227. The van der Waals surface area contributed by atoms with Crippen LogP contribution in [0.4, 0.5) is 5.95 Å². The normalized spacial score (nSPS) is 15.4. The molecule has 0 aliphatic carbocycles. The molecule has 1 aromatic carbocycles. The molecule has 0 unspecified atom stereocenters. The number of nitrogens with one attached hydrogen (secondary N) is 3. The van der Waals surface area contributed by atoms with Crippen LogP contribution in [0.3, 0.4) is 0 Å². The van der Waals surface area contributed by atoms with Gasteiger partial charge in [-0.3, -0.25) is 9.78 Å². The van der Waals surface area contributed by atoms with Gasteiger partial charge in [-0.05, 0) is 6.92 Å². The summed E-state index contributed by atoms with van der Waals surface area (Å²) >= 11 is 0. The number of hydrogen-bond donors (Lipinski definition) is 3. The van der Waals surface area contributed by atoms with Gasteiger partial charge >= 0.3 is 0 Å².